The van der Waals surface area contributed by atoms with Crippen molar-refractivity contribution in [2.75, 3.05) is 6.61 Å². The topological polar surface area (TPSA) is 49.7 Å². The van der Waals surface area contributed by atoms with E-state index in [1.54, 1.807) is 19.9 Å². The van der Waals surface area contributed by atoms with Gasteiger partial charge in [-0.1, -0.05) is 26.0 Å². The van der Waals surface area contributed by atoms with Crippen LogP contribution in [0.25, 0.3) is 0 Å². The molecule has 0 aromatic heterocycles. The van der Waals surface area contributed by atoms with E-state index in [9.17, 15) is 10.2 Å². The summed E-state index contributed by atoms with van der Waals surface area (Å²) in [7, 11) is 0. The molecule has 96 valence electrons. The normalized spacial score (nSPS) is 16.6. The molecule has 1 rings (SSSR count). The third-order valence-corrected chi connectivity index (χ3v) is 3.12. The Morgan fingerprint density at radius 1 is 1.29 bits per heavy atom. The van der Waals surface area contributed by atoms with Gasteiger partial charge in [-0.3, -0.25) is 0 Å². The number of ether oxygens (including phenoxy) is 1. The maximum absolute atomic E-state index is 10.1. The molecule has 0 bridgehead atoms. The highest BCUT2D eigenvalue weighted by atomic mass is 16.5. The summed E-state index contributed by atoms with van der Waals surface area (Å²) in [5.41, 5.74) is -0.0346. The Balaban J connectivity index is 2.67. The Hall–Kier alpha value is -1.06. The van der Waals surface area contributed by atoms with E-state index in [-0.39, 0.29) is 12.5 Å². The fourth-order valence-corrected chi connectivity index (χ4v) is 1.26. The van der Waals surface area contributed by atoms with Crippen molar-refractivity contribution < 1.29 is 14.9 Å². The van der Waals surface area contributed by atoms with Gasteiger partial charge in [0.25, 0.3) is 0 Å². The number of aliphatic hydroxyl groups excluding tert-OH is 1. The summed E-state index contributed by atoms with van der Waals surface area (Å²) >= 11 is 0. The minimum atomic E-state index is -0.846. The van der Waals surface area contributed by atoms with Crippen molar-refractivity contribution in [2.24, 2.45) is 5.92 Å². The van der Waals surface area contributed by atoms with Crippen LogP contribution in [-0.2, 0) is 0 Å². The highest BCUT2D eigenvalue weighted by molar-refractivity contribution is 5.29. The lowest BCUT2D eigenvalue weighted by Crippen LogP contribution is -2.37. The van der Waals surface area contributed by atoms with Gasteiger partial charge in [0.05, 0.1) is 11.7 Å². The summed E-state index contributed by atoms with van der Waals surface area (Å²) in [6.45, 7) is 7.62. The molecule has 0 aliphatic heterocycles. The van der Waals surface area contributed by atoms with Crippen LogP contribution >= 0.6 is 0 Å². The fraction of sp³-hybridized carbons (Fsp3) is 0.571. The molecular formula is C14H22O3. The minimum Gasteiger partial charge on any atom is -0.491 e. The molecule has 1 unspecified atom stereocenters. The highest BCUT2D eigenvalue weighted by Gasteiger charge is 2.25. The molecule has 1 aromatic rings. The maximum atomic E-state index is 10.1. The molecule has 0 aliphatic carbocycles. The molecule has 2 N–H and O–H groups in total. The molecule has 0 radical (unpaired) electrons. The van der Waals surface area contributed by atoms with Crippen LogP contribution in [-0.4, -0.2) is 22.4 Å². The zero-order valence-corrected chi connectivity index (χ0v) is 11.0. The molecule has 2 atom stereocenters. The van der Waals surface area contributed by atoms with Crippen molar-refractivity contribution in [1.82, 2.24) is 0 Å². The predicted molar refractivity (Wildman–Crippen MR) is 68.0 cm³/mol. The number of hydrogen-bond donors (Lipinski definition) is 2. The minimum absolute atomic E-state index is 0.127. The van der Waals surface area contributed by atoms with Gasteiger partial charge in [0.1, 0.15) is 12.4 Å². The molecule has 0 fully saturated rings. The largest absolute Gasteiger partial charge is 0.491 e. The van der Waals surface area contributed by atoms with Gasteiger partial charge in [-0.2, -0.15) is 0 Å². The zero-order chi connectivity index (χ0) is 13.1. The SMILES string of the molecule is CC(C)C(C)(O)COc1cccc([C@@H](C)O)c1. The first-order valence-electron chi connectivity index (χ1n) is 5.96. The summed E-state index contributed by atoms with van der Waals surface area (Å²) in [6, 6.07) is 7.29. The molecule has 0 heterocycles. The molecule has 0 aliphatic rings. The highest BCUT2D eigenvalue weighted by Crippen LogP contribution is 2.22. The maximum Gasteiger partial charge on any atom is 0.119 e. The average molecular weight is 238 g/mol. The van der Waals surface area contributed by atoms with E-state index in [2.05, 4.69) is 0 Å². The molecule has 0 saturated carbocycles. The van der Waals surface area contributed by atoms with Gasteiger partial charge in [-0.25, -0.2) is 0 Å². The van der Waals surface area contributed by atoms with Crippen LogP contribution in [0.4, 0.5) is 0 Å². The summed E-state index contributed by atoms with van der Waals surface area (Å²) < 4.78 is 5.56. The zero-order valence-electron chi connectivity index (χ0n) is 11.0. The van der Waals surface area contributed by atoms with Crippen molar-refractivity contribution in [2.45, 2.75) is 39.4 Å². The summed E-state index contributed by atoms with van der Waals surface area (Å²) in [5.74, 6) is 0.798. The lowest BCUT2D eigenvalue weighted by Gasteiger charge is -2.27. The Labute approximate surface area is 103 Å². The van der Waals surface area contributed by atoms with E-state index in [0.29, 0.717) is 5.75 Å². The predicted octanol–water partition coefficient (Wildman–Crippen LogP) is 2.53. The van der Waals surface area contributed by atoms with Gasteiger partial charge in [0, 0.05) is 0 Å². The third-order valence-electron chi connectivity index (χ3n) is 3.12. The van der Waals surface area contributed by atoms with E-state index in [4.69, 9.17) is 4.74 Å². The summed E-state index contributed by atoms with van der Waals surface area (Å²) in [4.78, 5) is 0. The van der Waals surface area contributed by atoms with Gasteiger partial charge in [0.15, 0.2) is 0 Å². The van der Waals surface area contributed by atoms with Gasteiger partial charge in [-0.05, 0) is 37.5 Å². The molecule has 1 aromatic carbocycles. The van der Waals surface area contributed by atoms with Crippen molar-refractivity contribution in [3.63, 3.8) is 0 Å². The van der Waals surface area contributed by atoms with E-state index in [1.165, 1.54) is 0 Å². The Kier molecular flexibility index (Phi) is 4.54. The van der Waals surface area contributed by atoms with Gasteiger partial charge in [0.2, 0.25) is 0 Å². The van der Waals surface area contributed by atoms with Crippen LogP contribution in [0.15, 0.2) is 24.3 Å². The van der Waals surface area contributed by atoms with Crippen LogP contribution in [0.5, 0.6) is 5.75 Å². The fourth-order valence-electron chi connectivity index (χ4n) is 1.26. The molecule has 3 nitrogen and oxygen atoms in total. The van der Waals surface area contributed by atoms with E-state index >= 15 is 0 Å². The van der Waals surface area contributed by atoms with E-state index in [1.807, 2.05) is 32.0 Å². The lowest BCUT2D eigenvalue weighted by molar-refractivity contribution is -0.0266. The van der Waals surface area contributed by atoms with Gasteiger partial charge < -0.3 is 14.9 Å². The molecule has 3 heteroatoms. The Morgan fingerprint density at radius 3 is 2.47 bits per heavy atom. The van der Waals surface area contributed by atoms with Gasteiger partial charge >= 0.3 is 0 Å². The van der Waals surface area contributed by atoms with Crippen molar-refractivity contribution in [3.05, 3.63) is 29.8 Å². The average Bonchev–Trinajstić information content (AvgIpc) is 2.26. The van der Waals surface area contributed by atoms with Crippen LogP contribution < -0.4 is 4.74 Å². The quantitative estimate of drug-likeness (QED) is 0.828. The smallest absolute Gasteiger partial charge is 0.119 e. The van der Waals surface area contributed by atoms with Crippen molar-refractivity contribution in [1.29, 1.82) is 0 Å². The van der Waals surface area contributed by atoms with E-state index < -0.39 is 11.7 Å². The second kappa shape index (κ2) is 5.52. The first-order chi connectivity index (χ1) is 7.83. The Bertz CT molecular complexity index is 356. The third kappa shape index (κ3) is 4.02. The molecule has 0 amide bonds. The van der Waals surface area contributed by atoms with Crippen molar-refractivity contribution >= 4 is 0 Å². The number of rotatable bonds is 5. The monoisotopic (exact) mass is 238 g/mol. The van der Waals surface area contributed by atoms with Gasteiger partial charge in [-0.15, -0.1) is 0 Å². The Morgan fingerprint density at radius 2 is 1.94 bits per heavy atom. The molecule has 0 saturated heterocycles. The van der Waals surface area contributed by atoms with Crippen LogP contribution in [0.2, 0.25) is 0 Å². The first kappa shape index (κ1) is 14.0. The second-order valence-corrected chi connectivity index (χ2v) is 5.05. The number of hydrogen-bond acceptors (Lipinski definition) is 3. The lowest BCUT2D eigenvalue weighted by atomic mass is 9.94. The first-order valence-corrected chi connectivity index (χ1v) is 5.96. The standard InChI is InChI=1S/C14H22O3/c1-10(2)14(4,16)9-17-13-7-5-6-12(8-13)11(3)15/h5-8,10-11,15-16H,9H2,1-4H3/t11-,14?/m1/s1. The van der Waals surface area contributed by atoms with Crippen molar-refractivity contribution in [3.8, 4) is 5.75 Å². The molecule has 0 spiro atoms. The van der Waals surface area contributed by atoms with Crippen LogP contribution in [0.1, 0.15) is 39.4 Å². The number of aliphatic hydroxyl groups is 2. The summed E-state index contributed by atoms with van der Waals surface area (Å²) in [5, 5.41) is 19.5. The molecular weight excluding hydrogens is 216 g/mol. The molecule has 17 heavy (non-hydrogen) atoms. The number of benzene rings is 1. The van der Waals surface area contributed by atoms with E-state index in [0.717, 1.165) is 5.56 Å². The van der Waals surface area contributed by atoms with Crippen LogP contribution in [0.3, 0.4) is 0 Å². The van der Waals surface area contributed by atoms with Crippen LogP contribution in [0, 0.1) is 5.92 Å². The second-order valence-electron chi connectivity index (χ2n) is 5.05. The summed E-state index contributed by atoms with van der Waals surface area (Å²) in [6.07, 6.45) is -0.510.